The van der Waals surface area contributed by atoms with E-state index in [0.29, 0.717) is 13.1 Å². The molecule has 1 aliphatic heterocycles. The second kappa shape index (κ2) is 6.64. The Kier molecular flexibility index (Phi) is 5.71. The fourth-order valence-electron chi connectivity index (χ4n) is 2.03. The van der Waals surface area contributed by atoms with Crippen LogP contribution >= 0.6 is 8.03 Å². The number of amides is 1. The van der Waals surface area contributed by atoms with Crippen LogP contribution in [-0.4, -0.2) is 46.4 Å². The topological polar surface area (TPSA) is 78.9 Å². The molecular formula is C12H24N2O4P+. The Hall–Kier alpha value is -0.710. The highest BCUT2D eigenvalue weighted by atomic mass is 31.1. The quantitative estimate of drug-likeness (QED) is 0.778. The van der Waals surface area contributed by atoms with E-state index in [2.05, 4.69) is 5.32 Å². The molecule has 6 nitrogen and oxygen atoms in total. The van der Waals surface area contributed by atoms with E-state index in [0.717, 1.165) is 12.8 Å². The van der Waals surface area contributed by atoms with Gasteiger partial charge in [0.2, 0.25) is 5.78 Å². The van der Waals surface area contributed by atoms with Gasteiger partial charge in [-0.15, -0.1) is 0 Å². The Morgan fingerprint density at radius 1 is 1.42 bits per heavy atom. The Balaban J connectivity index is 2.34. The van der Waals surface area contributed by atoms with Crippen molar-refractivity contribution in [1.29, 1.82) is 0 Å². The van der Waals surface area contributed by atoms with Gasteiger partial charge in [-0.1, -0.05) is 0 Å². The first kappa shape index (κ1) is 16.3. The molecule has 0 aliphatic carbocycles. The molecule has 0 aromatic carbocycles. The van der Waals surface area contributed by atoms with Crippen molar-refractivity contribution < 1.29 is 19.0 Å². The maximum atomic E-state index is 11.6. The van der Waals surface area contributed by atoms with Gasteiger partial charge in [-0.2, -0.15) is 4.89 Å². The number of alkyl carbamates (subject to hydrolysis) is 1. The summed E-state index contributed by atoms with van der Waals surface area (Å²) in [6.45, 7) is 8.66. The van der Waals surface area contributed by atoms with Crippen molar-refractivity contribution in [3.8, 4) is 0 Å². The van der Waals surface area contributed by atoms with E-state index in [1.807, 2.05) is 25.7 Å². The van der Waals surface area contributed by atoms with E-state index in [-0.39, 0.29) is 11.8 Å². The Labute approximate surface area is 115 Å². The van der Waals surface area contributed by atoms with E-state index in [4.69, 9.17) is 9.63 Å². The molecule has 2 unspecified atom stereocenters. The van der Waals surface area contributed by atoms with E-state index >= 15 is 0 Å². The lowest BCUT2D eigenvalue weighted by atomic mass is 10.1. The van der Waals surface area contributed by atoms with Crippen LogP contribution in [0.25, 0.3) is 0 Å². The van der Waals surface area contributed by atoms with Crippen molar-refractivity contribution in [2.45, 2.75) is 58.0 Å². The van der Waals surface area contributed by atoms with Crippen LogP contribution in [0, 0.1) is 0 Å². The second-order valence-corrected chi connectivity index (χ2v) is 7.24. The van der Waals surface area contributed by atoms with Crippen molar-refractivity contribution in [3.05, 3.63) is 0 Å². The highest BCUT2D eigenvalue weighted by Gasteiger charge is 2.34. The number of hydrogen-bond acceptors (Lipinski definition) is 4. The molecule has 2 atom stereocenters. The number of piperidine rings is 1. The molecule has 7 heteroatoms. The van der Waals surface area contributed by atoms with Gasteiger partial charge < -0.3 is 10.1 Å². The molecule has 0 spiro atoms. The van der Waals surface area contributed by atoms with Gasteiger partial charge in [-0.05, 0) is 45.1 Å². The summed E-state index contributed by atoms with van der Waals surface area (Å²) in [7, 11) is -2.17. The molecule has 0 aromatic heterocycles. The first-order chi connectivity index (χ1) is 8.69. The second-order valence-electron chi connectivity index (χ2n) is 5.89. The maximum Gasteiger partial charge on any atom is 0.524 e. The minimum atomic E-state index is -2.17. The third-order valence-corrected chi connectivity index (χ3v) is 4.06. The maximum absolute atomic E-state index is 11.6. The highest BCUT2D eigenvalue weighted by Crippen LogP contribution is 2.27. The van der Waals surface area contributed by atoms with Gasteiger partial charge in [0.15, 0.2) is 0 Å². The molecule has 1 fully saturated rings. The van der Waals surface area contributed by atoms with Crippen molar-refractivity contribution in [2.24, 2.45) is 0 Å². The summed E-state index contributed by atoms with van der Waals surface area (Å²) in [6, 6.07) is 0.0786. The highest BCUT2D eigenvalue weighted by molar-refractivity contribution is 7.38. The van der Waals surface area contributed by atoms with Crippen LogP contribution in [0.4, 0.5) is 4.79 Å². The lowest BCUT2D eigenvalue weighted by Gasteiger charge is -2.32. The fourth-order valence-corrected chi connectivity index (χ4v) is 2.54. The predicted molar refractivity (Wildman–Crippen MR) is 73.3 cm³/mol. The molecule has 1 amide bonds. The van der Waals surface area contributed by atoms with Crippen LogP contribution in [0.1, 0.15) is 40.5 Å². The zero-order valence-electron chi connectivity index (χ0n) is 12.0. The summed E-state index contributed by atoms with van der Waals surface area (Å²) in [5, 5.41) is 2.84. The molecule has 1 rings (SSSR count). The average molecular weight is 291 g/mol. The zero-order chi connectivity index (χ0) is 14.6. The summed E-state index contributed by atoms with van der Waals surface area (Å²) in [4.78, 5) is 22.7. The predicted octanol–water partition coefficient (Wildman–Crippen LogP) is 2.06. The van der Waals surface area contributed by atoms with Gasteiger partial charge in [0, 0.05) is 19.1 Å². The molecule has 0 saturated carbocycles. The third-order valence-electron chi connectivity index (χ3n) is 3.10. The number of likely N-dealkylation sites (tertiary alicyclic amines) is 1. The van der Waals surface area contributed by atoms with E-state index < -0.39 is 19.7 Å². The fraction of sp³-hybridized carbons (Fsp3) is 0.917. The molecule has 0 radical (unpaired) electrons. The lowest BCUT2D eigenvalue weighted by Crippen LogP contribution is -2.47. The number of carbonyl (C=O) groups excluding carboxylic acids is 1. The smallest absolute Gasteiger partial charge is 0.444 e. The summed E-state index contributed by atoms with van der Waals surface area (Å²) < 4.78 is 16.2. The van der Waals surface area contributed by atoms with Crippen LogP contribution in [0.15, 0.2) is 0 Å². The monoisotopic (exact) mass is 291 g/mol. The zero-order valence-corrected chi connectivity index (χ0v) is 12.9. The van der Waals surface area contributed by atoms with Gasteiger partial charge in [0.05, 0.1) is 0 Å². The number of rotatable bonds is 3. The molecule has 0 bridgehead atoms. The number of nitrogens with zero attached hydrogens (tertiary/aromatic N) is 1. The van der Waals surface area contributed by atoms with Gasteiger partial charge >= 0.3 is 14.1 Å². The number of nitrogens with one attached hydrogen (secondary N) is 1. The Morgan fingerprint density at radius 3 is 2.37 bits per heavy atom. The van der Waals surface area contributed by atoms with Crippen LogP contribution in [0.3, 0.4) is 0 Å². The summed E-state index contributed by atoms with van der Waals surface area (Å²) in [5.41, 5.74) is -0.491. The third kappa shape index (κ3) is 5.85. The Bertz CT molecular complexity index is 335. The first-order valence-electron chi connectivity index (χ1n) is 6.58. The lowest BCUT2D eigenvalue weighted by molar-refractivity contribution is 0.0476. The Morgan fingerprint density at radius 2 is 1.95 bits per heavy atom. The van der Waals surface area contributed by atoms with Gasteiger partial charge in [-0.3, -0.25) is 4.90 Å². The molecular weight excluding hydrogens is 267 g/mol. The molecule has 1 saturated heterocycles. The molecule has 1 aliphatic rings. The summed E-state index contributed by atoms with van der Waals surface area (Å²) >= 11 is 0. The molecule has 1 heterocycles. The minimum Gasteiger partial charge on any atom is -0.444 e. The molecule has 2 N–H and O–H groups in total. The SMILES string of the molecule is CC(N1CCC(NC(=O)OC(C)(C)C)CC1)[P+](=O)O. The van der Waals surface area contributed by atoms with Crippen molar-refractivity contribution in [1.82, 2.24) is 10.2 Å². The molecule has 19 heavy (non-hydrogen) atoms. The standard InChI is InChI=1S/C12H23N2O4P/c1-9(19(16)17)14-7-5-10(6-8-14)13-11(15)18-12(2,3)4/h9-10H,5-8H2,1-4H3,(H-,13,15,16,17)/p+1. The first-order valence-corrected chi connectivity index (χ1v) is 7.86. The number of carbonyl (C=O) groups is 1. The van der Waals surface area contributed by atoms with Gasteiger partial charge in [0.25, 0.3) is 0 Å². The number of ether oxygens (including phenoxy) is 1. The average Bonchev–Trinajstić information content (AvgIpc) is 2.26. The van der Waals surface area contributed by atoms with Gasteiger partial charge in [-0.25, -0.2) is 4.79 Å². The summed E-state index contributed by atoms with van der Waals surface area (Å²) in [6.07, 6.45) is 1.15. The number of hydrogen-bond donors (Lipinski definition) is 2. The minimum absolute atomic E-state index is 0.0786. The van der Waals surface area contributed by atoms with Crippen molar-refractivity contribution in [3.63, 3.8) is 0 Å². The van der Waals surface area contributed by atoms with E-state index in [1.165, 1.54) is 0 Å². The van der Waals surface area contributed by atoms with Crippen LogP contribution in [0.5, 0.6) is 0 Å². The van der Waals surface area contributed by atoms with Crippen LogP contribution in [-0.2, 0) is 9.30 Å². The van der Waals surface area contributed by atoms with Crippen molar-refractivity contribution in [2.75, 3.05) is 13.1 Å². The molecule has 110 valence electrons. The normalized spacial score (nSPS) is 20.8. The summed E-state index contributed by atoms with van der Waals surface area (Å²) in [5.74, 6) is -0.322. The van der Waals surface area contributed by atoms with Crippen molar-refractivity contribution >= 4 is 14.1 Å². The van der Waals surface area contributed by atoms with E-state index in [9.17, 15) is 9.36 Å². The van der Waals surface area contributed by atoms with Crippen LogP contribution in [0.2, 0.25) is 0 Å². The van der Waals surface area contributed by atoms with Crippen LogP contribution < -0.4 is 5.32 Å². The largest absolute Gasteiger partial charge is 0.524 e. The molecule has 0 aromatic rings. The van der Waals surface area contributed by atoms with Gasteiger partial charge in [0.1, 0.15) is 5.60 Å². The van der Waals surface area contributed by atoms with E-state index in [1.54, 1.807) is 6.92 Å².